The topological polar surface area (TPSA) is 75.4 Å². The zero-order valence-corrected chi connectivity index (χ0v) is 19.4. The maximum Gasteiger partial charge on any atom is 0.303 e. The molecule has 172 valence electrons. The Bertz CT molecular complexity index is 1280. The molecule has 2 fully saturated rings. The number of carboxylic acid groups (broad SMARTS) is 1. The summed E-state index contributed by atoms with van der Waals surface area (Å²) in [4.78, 5) is 30.7. The summed E-state index contributed by atoms with van der Waals surface area (Å²) in [6, 6.07) is 8.30. The van der Waals surface area contributed by atoms with E-state index < -0.39 is 11.8 Å². The van der Waals surface area contributed by atoms with Crippen LogP contribution in [0.3, 0.4) is 0 Å². The highest BCUT2D eigenvalue weighted by Crippen LogP contribution is 2.53. The van der Waals surface area contributed by atoms with Gasteiger partial charge in [0.15, 0.2) is 0 Å². The molecule has 3 aromatic rings. The number of benzene rings is 1. The van der Waals surface area contributed by atoms with Crippen LogP contribution in [0.1, 0.15) is 37.7 Å². The van der Waals surface area contributed by atoms with Gasteiger partial charge < -0.3 is 14.6 Å². The molecule has 1 aromatic carbocycles. The number of hydrogen-bond donors (Lipinski definition) is 1. The molecule has 2 aliphatic rings. The average Bonchev–Trinajstić information content (AvgIpc) is 3.10. The Hall–Kier alpha value is -2.93. The van der Waals surface area contributed by atoms with Crippen LogP contribution >= 0.6 is 11.6 Å². The number of amides is 1. The van der Waals surface area contributed by atoms with E-state index in [1.807, 2.05) is 37.6 Å². The summed E-state index contributed by atoms with van der Waals surface area (Å²) in [5.74, 6) is -0.670. The summed E-state index contributed by atoms with van der Waals surface area (Å²) in [5, 5.41) is 9.91. The van der Waals surface area contributed by atoms with Crippen LogP contribution in [-0.4, -0.2) is 44.5 Å². The number of halogens is 2. The van der Waals surface area contributed by atoms with Gasteiger partial charge in [-0.05, 0) is 68.4 Å². The van der Waals surface area contributed by atoms with Crippen molar-refractivity contribution in [3.63, 3.8) is 0 Å². The van der Waals surface area contributed by atoms with Crippen LogP contribution in [0.15, 0.2) is 36.5 Å². The lowest BCUT2D eigenvalue weighted by Gasteiger charge is -2.23. The van der Waals surface area contributed by atoms with Crippen molar-refractivity contribution in [1.29, 1.82) is 0 Å². The van der Waals surface area contributed by atoms with Crippen LogP contribution in [0.25, 0.3) is 22.2 Å². The maximum atomic E-state index is 14.1. The first-order chi connectivity index (χ1) is 15.5. The molecule has 1 aliphatic heterocycles. The van der Waals surface area contributed by atoms with Gasteiger partial charge >= 0.3 is 5.97 Å². The number of hydrogen-bond acceptors (Lipinski definition) is 3. The number of piperidine rings is 1. The van der Waals surface area contributed by atoms with Gasteiger partial charge in [-0.15, -0.1) is 0 Å². The van der Waals surface area contributed by atoms with E-state index in [1.165, 1.54) is 12.1 Å². The maximum absolute atomic E-state index is 14.1. The summed E-state index contributed by atoms with van der Waals surface area (Å²) in [6.07, 6.45) is 2.12. The van der Waals surface area contributed by atoms with E-state index in [-0.39, 0.29) is 40.6 Å². The van der Waals surface area contributed by atoms with Crippen molar-refractivity contribution in [3.8, 4) is 11.1 Å². The number of carbonyl (C=O) groups is 2. The second-order valence-corrected chi connectivity index (χ2v) is 10.5. The number of aromatic nitrogens is 2. The van der Waals surface area contributed by atoms with Crippen molar-refractivity contribution in [3.05, 3.63) is 53.1 Å². The molecule has 0 bridgehead atoms. The van der Waals surface area contributed by atoms with Crippen molar-refractivity contribution in [2.75, 3.05) is 13.1 Å². The predicted molar refractivity (Wildman–Crippen MR) is 124 cm³/mol. The van der Waals surface area contributed by atoms with Gasteiger partial charge in [-0.25, -0.2) is 9.37 Å². The van der Waals surface area contributed by atoms with Gasteiger partial charge in [0, 0.05) is 42.2 Å². The number of rotatable bonds is 4. The molecule has 8 heteroatoms. The van der Waals surface area contributed by atoms with E-state index in [9.17, 15) is 14.0 Å². The van der Waals surface area contributed by atoms with Gasteiger partial charge in [0.25, 0.3) is 5.91 Å². The molecule has 33 heavy (non-hydrogen) atoms. The zero-order chi connectivity index (χ0) is 23.7. The lowest BCUT2D eigenvalue weighted by molar-refractivity contribution is -0.137. The van der Waals surface area contributed by atoms with Gasteiger partial charge in [0.05, 0.1) is 5.02 Å². The molecule has 6 nitrogen and oxygen atoms in total. The largest absolute Gasteiger partial charge is 0.481 e. The van der Waals surface area contributed by atoms with E-state index in [2.05, 4.69) is 0 Å². The molecular weight excluding hydrogens is 445 g/mol. The quantitative estimate of drug-likeness (QED) is 0.580. The van der Waals surface area contributed by atoms with E-state index in [0.29, 0.717) is 30.0 Å². The van der Waals surface area contributed by atoms with E-state index >= 15 is 0 Å². The Morgan fingerprint density at radius 2 is 1.88 bits per heavy atom. The molecule has 1 N–H and O–H groups in total. The zero-order valence-electron chi connectivity index (χ0n) is 18.7. The lowest BCUT2D eigenvalue weighted by Crippen LogP contribution is -2.32. The first-order valence-electron chi connectivity index (χ1n) is 11.0. The number of aliphatic carboxylic acids is 1. The molecule has 1 amide bonds. The minimum atomic E-state index is -0.779. The van der Waals surface area contributed by atoms with Gasteiger partial charge in [-0.3, -0.25) is 9.59 Å². The Kier molecular flexibility index (Phi) is 5.01. The van der Waals surface area contributed by atoms with Crippen LogP contribution < -0.4 is 0 Å². The first-order valence-corrected chi connectivity index (χ1v) is 11.4. The second-order valence-electron chi connectivity index (χ2n) is 10.1. The van der Waals surface area contributed by atoms with Gasteiger partial charge in [0.1, 0.15) is 17.2 Å². The highest BCUT2D eigenvalue weighted by atomic mass is 35.5. The highest BCUT2D eigenvalue weighted by Gasteiger charge is 2.57. The number of carbonyl (C=O) groups excluding carboxylic acids is 1. The minimum Gasteiger partial charge on any atom is -0.481 e. The van der Waals surface area contributed by atoms with Gasteiger partial charge in [-0.2, -0.15) is 0 Å². The minimum absolute atomic E-state index is 0.0681. The van der Waals surface area contributed by atoms with E-state index in [0.717, 1.165) is 10.9 Å². The Balaban J connectivity index is 1.48. The molecular formula is C25H25ClFN3O3. The molecule has 0 spiro atoms. The Morgan fingerprint density at radius 3 is 2.48 bits per heavy atom. The van der Waals surface area contributed by atoms with Gasteiger partial charge in [-0.1, -0.05) is 17.7 Å². The van der Waals surface area contributed by atoms with Crippen LogP contribution in [0.4, 0.5) is 4.39 Å². The molecule has 1 aliphatic carbocycles. The fourth-order valence-corrected chi connectivity index (χ4v) is 5.23. The second kappa shape index (κ2) is 7.55. The molecule has 3 atom stereocenters. The molecule has 5 rings (SSSR count). The fraction of sp³-hybridized carbons (Fsp3) is 0.400. The summed E-state index contributed by atoms with van der Waals surface area (Å²) in [6.45, 7) is 7.30. The van der Waals surface area contributed by atoms with E-state index in [1.54, 1.807) is 17.0 Å². The number of pyridine rings is 1. The molecule has 1 unspecified atom stereocenters. The summed E-state index contributed by atoms with van der Waals surface area (Å²) in [7, 11) is 0. The summed E-state index contributed by atoms with van der Waals surface area (Å²) >= 11 is 5.87. The van der Waals surface area contributed by atoms with Crippen molar-refractivity contribution < 1.29 is 19.1 Å². The lowest BCUT2D eigenvalue weighted by atomic mass is 10.1. The molecule has 1 saturated carbocycles. The summed E-state index contributed by atoms with van der Waals surface area (Å²) < 4.78 is 16.1. The molecule has 2 aromatic heterocycles. The number of carboxylic acids is 1. The smallest absolute Gasteiger partial charge is 0.303 e. The normalized spacial score (nSPS) is 22.0. The van der Waals surface area contributed by atoms with Crippen LogP contribution in [0.2, 0.25) is 5.02 Å². The monoisotopic (exact) mass is 469 g/mol. The average molecular weight is 470 g/mol. The number of fused-ring (bicyclic) bond motifs is 2. The third-order valence-electron chi connectivity index (χ3n) is 6.89. The van der Waals surface area contributed by atoms with Gasteiger partial charge in [0.2, 0.25) is 0 Å². The fourth-order valence-electron chi connectivity index (χ4n) is 5.11. The van der Waals surface area contributed by atoms with Crippen molar-refractivity contribution in [2.24, 2.45) is 17.8 Å². The SMILES string of the molecule is CC(C)(C)n1cc(-c2ccc(Cl)c(F)c2)c2ccc(C(=O)N3C[C@@H]4C(CC(=O)O)[C@@H]4C3)nc21. The van der Waals surface area contributed by atoms with Crippen molar-refractivity contribution in [1.82, 2.24) is 14.5 Å². The summed E-state index contributed by atoms with van der Waals surface area (Å²) in [5.41, 5.74) is 2.22. The van der Waals surface area contributed by atoms with E-state index in [4.69, 9.17) is 21.7 Å². The van der Waals surface area contributed by atoms with Crippen LogP contribution in [0, 0.1) is 23.6 Å². The van der Waals surface area contributed by atoms with Crippen molar-refractivity contribution >= 4 is 34.5 Å². The standard InChI is InChI=1S/C25H25ClFN3O3/c1-25(2,3)30-12-16(13-4-6-19(26)20(27)8-13)14-5-7-21(28-23(14)30)24(33)29-10-17-15(9-22(31)32)18(17)11-29/h4-8,12,15,17-18H,9-11H2,1-3H3,(H,31,32)/t15?,17-,18+. The van der Waals surface area contributed by atoms with Crippen molar-refractivity contribution in [2.45, 2.75) is 32.7 Å². The van der Waals surface area contributed by atoms with Crippen LogP contribution in [0.5, 0.6) is 0 Å². The highest BCUT2D eigenvalue weighted by molar-refractivity contribution is 6.30. The van der Waals surface area contributed by atoms with Crippen LogP contribution in [-0.2, 0) is 10.3 Å². The predicted octanol–water partition coefficient (Wildman–Crippen LogP) is 5.04. The first kappa shape index (κ1) is 21.9. The Labute approximate surface area is 196 Å². The third kappa shape index (κ3) is 3.78. The molecule has 0 radical (unpaired) electrons. The molecule has 1 saturated heterocycles. The Morgan fingerprint density at radius 1 is 1.18 bits per heavy atom. The number of likely N-dealkylation sites (tertiary alicyclic amines) is 1. The molecule has 3 heterocycles. The number of nitrogens with zero attached hydrogens (tertiary/aromatic N) is 3. The third-order valence-corrected chi connectivity index (χ3v) is 7.20.